The van der Waals surface area contributed by atoms with Gasteiger partial charge < -0.3 is 13.9 Å². The van der Waals surface area contributed by atoms with Crippen LogP contribution in [-0.4, -0.2) is 32.5 Å². The van der Waals surface area contributed by atoms with Crippen LogP contribution < -0.4 is 9.46 Å². The van der Waals surface area contributed by atoms with Crippen molar-refractivity contribution >= 4 is 16.0 Å². The molecule has 0 saturated heterocycles. The van der Waals surface area contributed by atoms with Gasteiger partial charge >= 0.3 is 5.97 Å². The zero-order valence-electron chi connectivity index (χ0n) is 18.4. The molecule has 0 bridgehead atoms. The van der Waals surface area contributed by atoms with Crippen molar-refractivity contribution in [2.24, 2.45) is 5.92 Å². The summed E-state index contributed by atoms with van der Waals surface area (Å²) in [5.74, 6) is -0.0917. The summed E-state index contributed by atoms with van der Waals surface area (Å²) in [5.41, 5.74) is 2.35. The summed E-state index contributed by atoms with van der Waals surface area (Å²) >= 11 is 0. The number of rotatable bonds is 9. The normalized spacial score (nSPS) is 12.5. The molecule has 9 heteroatoms. The Bertz CT molecular complexity index is 1150. The summed E-state index contributed by atoms with van der Waals surface area (Å²) in [7, 11) is -2.44. The van der Waals surface area contributed by atoms with Gasteiger partial charge in [0.05, 0.1) is 12.0 Å². The van der Waals surface area contributed by atoms with E-state index in [2.05, 4.69) is 9.71 Å². The van der Waals surface area contributed by atoms with Crippen LogP contribution >= 0.6 is 0 Å². The summed E-state index contributed by atoms with van der Waals surface area (Å²) < 4.78 is 43.7. The molecule has 0 spiro atoms. The van der Waals surface area contributed by atoms with Gasteiger partial charge in [-0.15, -0.1) is 0 Å². The number of sulfonamides is 1. The summed E-state index contributed by atoms with van der Waals surface area (Å²) in [6.45, 7) is 5.31. The van der Waals surface area contributed by atoms with Crippen molar-refractivity contribution in [2.45, 2.75) is 38.3 Å². The number of benzene rings is 2. The average molecular weight is 459 g/mol. The van der Waals surface area contributed by atoms with Crippen molar-refractivity contribution in [3.8, 4) is 17.2 Å². The lowest BCUT2D eigenvalue weighted by Crippen LogP contribution is -2.45. The number of oxazole rings is 1. The highest BCUT2D eigenvalue weighted by Crippen LogP contribution is 2.20. The molecule has 0 amide bonds. The number of aromatic nitrogens is 1. The Morgan fingerprint density at radius 1 is 1.09 bits per heavy atom. The van der Waals surface area contributed by atoms with Crippen molar-refractivity contribution < 1.29 is 27.1 Å². The molecular formula is C23H26N2O6S. The standard InChI is InChI=1S/C23H26N2O6S/c1-15(2)21(25-32(27,28)20-11-9-19(29-4)10-12-20)23(26)31-14-18-13-30-22(24-18)17-7-5-16(3)6-8-17/h5-13,15,21,25H,14H2,1-4H3/t21-/m0/s1. The fourth-order valence-corrected chi connectivity index (χ4v) is 4.22. The molecule has 0 aliphatic heterocycles. The first-order valence-corrected chi connectivity index (χ1v) is 11.5. The molecule has 3 aromatic rings. The van der Waals surface area contributed by atoms with Crippen LogP contribution in [0.4, 0.5) is 0 Å². The van der Waals surface area contributed by atoms with E-state index in [0.717, 1.165) is 11.1 Å². The highest BCUT2D eigenvalue weighted by molar-refractivity contribution is 7.89. The number of esters is 1. The minimum absolute atomic E-state index is 0.0241. The number of hydrogen-bond acceptors (Lipinski definition) is 7. The predicted octanol–water partition coefficient (Wildman–Crippen LogP) is 3.70. The lowest BCUT2D eigenvalue weighted by Gasteiger charge is -2.20. The minimum Gasteiger partial charge on any atom is -0.497 e. The van der Waals surface area contributed by atoms with E-state index in [9.17, 15) is 13.2 Å². The number of nitrogens with zero attached hydrogens (tertiary/aromatic N) is 1. The average Bonchev–Trinajstić information content (AvgIpc) is 3.25. The van der Waals surface area contributed by atoms with Gasteiger partial charge in [0.15, 0.2) is 0 Å². The first-order valence-electron chi connectivity index (χ1n) is 10.0. The first kappa shape index (κ1) is 23.5. The number of ether oxygens (including phenoxy) is 2. The van der Waals surface area contributed by atoms with Gasteiger partial charge in [-0.3, -0.25) is 4.79 Å². The second-order valence-electron chi connectivity index (χ2n) is 7.64. The van der Waals surface area contributed by atoms with Crippen molar-refractivity contribution in [3.05, 3.63) is 66.1 Å². The fraction of sp³-hybridized carbons (Fsp3) is 0.304. The van der Waals surface area contributed by atoms with E-state index in [0.29, 0.717) is 17.3 Å². The molecule has 1 atom stereocenters. The van der Waals surface area contributed by atoms with Gasteiger partial charge in [0.1, 0.15) is 30.4 Å². The number of methoxy groups -OCH3 is 1. The van der Waals surface area contributed by atoms with Gasteiger partial charge in [0.2, 0.25) is 15.9 Å². The van der Waals surface area contributed by atoms with Gasteiger partial charge in [0, 0.05) is 5.56 Å². The SMILES string of the molecule is COc1ccc(S(=O)(=O)N[C@H](C(=O)OCc2coc(-c3ccc(C)cc3)n2)C(C)C)cc1. The summed E-state index contributed by atoms with van der Waals surface area (Å²) in [6, 6.07) is 12.5. The highest BCUT2D eigenvalue weighted by Gasteiger charge is 2.30. The third kappa shape index (κ3) is 5.74. The summed E-state index contributed by atoms with van der Waals surface area (Å²) in [4.78, 5) is 17.0. The van der Waals surface area contributed by atoms with Crippen LogP contribution in [-0.2, 0) is 26.2 Å². The van der Waals surface area contributed by atoms with Crippen LogP contribution in [0.5, 0.6) is 5.75 Å². The number of aryl methyl sites for hydroxylation is 1. The number of hydrogen-bond donors (Lipinski definition) is 1. The molecule has 1 N–H and O–H groups in total. The molecule has 0 unspecified atom stereocenters. The quantitative estimate of drug-likeness (QED) is 0.487. The Balaban J connectivity index is 1.65. The maximum absolute atomic E-state index is 12.7. The molecule has 2 aromatic carbocycles. The van der Waals surface area contributed by atoms with E-state index in [4.69, 9.17) is 13.9 Å². The van der Waals surface area contributed by atoms with Gasteiger partial charge in [0.25, 0.3) is 0 Å². The number of nitrogens with one attached hydrogen (secondary N) is 1. The van der Waals surface area contributed by atoms with E-state index < -0.39 is 22.0 Å². The highest BCUT2D eigenvalue weighted by atomic mass is 32.2. The zero-order chi connectivity index (χ0) is 23.3. The fourth-order valence-electron chi connectivity index (χ4n) is 2.88. The Kier molecular flexibility index (Phi) is 7.32. The minimum atomic E-state index is -3.93. The van der Waals surface area contributed by atoms with E-state index in [1.54, 1.807) is 13.8 Å². The molecule has 32 heavy (non-hydrogen) atoms. The van der Waals surface area contributed by atoms with Crippen LogP contribution in [0.1, 0.15) is 25.1 Å². The van der Waals surface area contributed by atoms with Crippen molar-refractivity contribution in [3.63, 3.8) is 0 Å². The van der Waals surface area contributed by atoms with Crippen LogP contribution in [0.3, 0.4) is 0 Å². The van der Waals surface area contributed by atoms with Crippen molar-refractivity contribution in [2.75, 3.05) is 7.11 Å². The summed E-state index contributed by atoms with van der Waals surface area (Å²) in [5, 5.41) is 0. The van der Waals surface area contributed by atoms with E-state index in [1.807, 2.05) is 31.2 Å². The van der Waals surface area contributed by atoms with Crippen molar-refractivity contribution in [1.82, 2.24) is 9.71 Å². The van der Waals surface area contributed by atoms with Gasteiger partial charge in [-0.25, -0.2) is 13.4 Å². The molecule has 1 aromatic heterocycles. The lowest BCUT2D eigenvalue weighted by atomic mass is 10.1. The van der Waals surface area contributed by atoms with Gasteiger partial charge in [-0.2, -0.15) is 4.72 Å². The third-order valence-corrected chi connectivity index (χ3v) is 6.24. The third-order valence-electron chi connectivity index (χ3n) is 4.79. The molecule has 3 rings (SSSR count). The van der Waals surface area contributed by atoms with Crippen molar-refractivity contribution in [1.29, 1.82) is 0 Å². The molecule has 1 heterocycles. The van der Waals surface area contributed by atoms with E-state index in [1.165, 1.54) is 37.6 Å². The predicted molar refractivity (Wildman–Crippen MR) is 118 cm³/mol. The zero-order valence-corrected chi connectivity index (χ0v) is 19.2. The Labute approximate surface area is 187 Å². The maximum Gasteiger partial charge on any atom is 0.324 e. The second kappa shape index (κ2) is 9.97. The second-order valence-corrected chi connectivity index (χ2v) is 9.35. The molecule has 170 valence electrons. The molecule has 0 saturated carbocycles. The molecule has 0 aliphatic carbocycles. The maximum atomic E-state index is 12.7. The molecule has 0 aliphatic rings. The Morgan fingerprint density at radius 3 is 2.34 bits per heavy atom. The molecule has 0 radical (unpaired) electrons. The Morgan fingerprint density at radius 2 is 1.75 bits per heavy atom. The van der Waals surface area contributed by atoms with E-state index in [-0.39, 0.29) is 17.4 Å². The lowest BCUT2D eigenvalue weighted by molar-refractivity contribution is -0.148. The topological polar surface area (TPSA) is 108 Å². The molecule has 8 nitrogen and oxygen atoms in total. The van der Waals surface area contributed by atoms with E-state index >= 15 is 0 Å². The first-order chi connectivity index (χ1) is 15.2. The van der Waals surface area contributed by atoms with Crippen LogP contribution in [0.15, 0.2) is 64.1 Å². The smallest absolute Gasteiger partial charge is 0.324 e. The largest absolute Gasteiger partial charge is 0.497 e. The van der Waals surface area contributed by atoms with Gasteiger partial charge in [-0.05, 0) is 49.2 Å². The van der Waals surface area contributed by atoms with Crippen LogP contribution in [0, 0.1) is 12.8 Å². The van der Waals surface area contributed by atoms with Crippen LogP contribution in [0.2, 0.25) is 0 Å². The number of carbonyl (C=O) groups is 1. The molecular weight excluding hydrogens is 432 g/mol. The molecule has 0 fully saturated rings. The number of carbonyl (C=O) groups excluding carboxylic acids is 1. The monoisotopic (exact) mass is 458 g/mol. The van der Waals surface area contributed by atoms with Gasteiger partial charge in [-0.1, -0.05) is 31.5 Å². The summed E-state index contributed by atoms with van der Waals surface area (Å²) in [6.07, 6.45) is 1.41. The Hall–Kier alpha value is -3.17. The van der Waals surface area contributed by atoms with Crippen LogP contribution in [0.25, 0.3) is 11.5 Å².